The Morgan fingerprint density at radius 1 is 1.19 bits per heavy atom. The van der Waals surface area contributed by atoms with Crippen LogP contribution in [0.2, 0.25) is 0 Å². The maximum absolute atomic E-state index is 12.2. The van der Waals surface area contributed by atoms with Gasteiger partial charge >= 0.3 is 5.97 Å². The minimum absolute atomic E-state index is 0.180. The lowest BCUT2D eigenvalue weighted by atomic mass is 9.85. The molecule has 2 fully saturated rings. The molecule has 0 spiro atoms. The van der Waals surface area contributed by atoms with Crippen LogP contribution in [-0.2, 0) is 9.53 Å². The summed E-state index contributed by atoms with van der Waals surface area (Å²) in [6.07, 6.45) is 10.7. The van der Waals surface area contributed by atoms with Crippen LogP contribution in [0, 0.1) is 5.92 Å². The van der Waals surface area contributed by atoms with Crippen molar-refractivity contribution in [1.82, 2.24) is 4.90 Å². The van der Waals surface area contributed by atoms with Gasteiger partial charge in [-0.1, -0.05) is 25.7 Å². The molecule has 21 heavy (non-hydrogen) atoms. The molecule has 0 aromatic rings. The summed E-state index contributed by atoms with van der Waals surface area (Å²) >= 11 is 0. The van der Waals surface area contributed by atoms with E-state index in [-0.39, 0.29) is 5.97 Å². The molecule has 2 N–H and O–H groups in total. The van der Waals surface area contributed by atoms with Crippen molar-refractivity contribution in [2.45, 2.75) is 70.3 Å². The molecule has 2 atom stereocenters. The van der Waals surface area contributed by atoms with E-state index < -0.39 is 5.54 Å². The van der Waals surface area contributed by atoms with Crippen LogP contribution in [0.4, 0.5) is 0 Å². The summed E-state index contributed by atoms with van der Waals surface area (Å²) in [6.45, 7) is 5.79. The van der Waals surface area contributed by atoms with Crippen LogP contribution in [0.5, 0.6) is 0 Å². The Hall–Kier alpha value is -0.610. The van der Waals surface area contributed by atoms with Crippen LogP contribution in [-0.4, -0.2) is 42.6 Å². The summed E-state index contributed by atoms with van der Waals surface area (Å²) < 4.78 is 5.21. The second-order valence-corrected chi connectivity index (χ2v) is 6.75. The number of hydrogen-bond acceptors (Lipinski definition) is 4. The first-order chi connectivity index (χ1) is 10.2. The Bertz CT molecular complexity index is 327. The Morgan fingerprint density at radius 2 is 1.86 bits per heavy atom. The number of likely N-dealkylation sites (tertiary alicyclic amines) is 1. The van der Waals surface area contributed by atoms with Crippen molar-refractivity contribution in [1.29, 1.82) is 0 Å². The third-order valence-corrected chi connectivity index (χ3v) is 5.27. The van der Waals surface area contributed by atoms with E-state index in [4.69, 9.17) is 10.5 Å². The molecule has 122 valence electrons. The maximum Gasteiger partial charge on any atom is 0.326 e. The summed E-state index contributed by atoms with van der Waals surface area (Å²) in [5.41, 5.74) is 5.69. The lowest BCUT2D eigenvalue weighted by molar-refractivity contribution is -0.151. The van der Waals surface area contributed by atoms with Crippen molar-refractivity contribution in [3.05, 3.63) is 0 Å². The summed E-state index contributed by atoms with van der Waals surface area (Å²) in [5, 5.41) is 0. The predicted molar refractivity (Wildman–Crippen MR) is 85.0 cm³/mol. The van der Waals surface area contributed by atoms with Crippen LogP contribution in [0.1, 0.15) is 64.7 Å². The van der Waals surface area contributed by atoms with Crippen LogP contribution in [0.15, 0.2) is 0 Å². The minimum Gasteiger partial charge on any atom is -0.465 e. The van der Waals surface area contributed by atoms with Gasteiger partial charge in [-0.15, -0.1) is 0 Å². The van der Waals surface area contributed by atoms with E-state index in [9.17, 15) is 4.79 Å². The van der Waals surface area contributed by atoms with Crippen LogP contribution in [0.25, 0.3) is 0 Å². The maximum atomic E-state index is 12.2. The van der Waals surface area contributed by atoms with Gasteiger partial charge in [0, 0.05) is 0 Å². The van der Waals surface area contributed by atoms with Crippen molar-refractivity contribution in [3.8, 4) is 0 Å². The Labute approximate surface area is 129 Å². The van der Waals surface area contributed by atoms with Gasteiger partial charge in [0.25, 0.3) is 0 Å². The quantitative estimate of drug-likeness (QED) is 0.793. The number of carbonyl (C=O) groups excluding carboxylic acids is 1. The fraction of sp³-hybridized carbons (Fsp3) is 0.941. The minimum atomic E-state index is -0.723. The predicted octanol–water partition coefficient (Wildman–Crippen LogP) is 2.70. The Morgan fingerprint density at radius 3 is 2.52 bits per heavy atom. The number of nitrogens with zero attached hydrogens (tertiary/aromatic N) is 1. The summed E-state index contributed by atoms with van der Waals surface area (Å²) in [6, 6.07) is 0. The SMILES string of the molecule is CCOC(=O)C1(N)CCCC1CCN1CCCCCCC1. The first-order valence-corrected chi connectivity index (χ1v) is 8.85. The molecule has 2 unspecified atom stereocenters. The number of rotatable bonds is 5. The molecule has 2 aliphatic rings. The van der Waals surface area contributed by atoms with Crippen LogP contribution < -0.4 is 5.73 Å². The van der Waals surface area contributed by atoms with Crippen molar-refractivity contribution < 1.29 is 9.53 Å². The van der Waals surface area contributed by atoms with Gasteiger partial charge in [0.2, 0.25) is 0 Å². The molecule has 1 aliphatic carbocycles. The highest BCUT2D eigenvalue weighted by molar-refractivity contribution is 5.81. The largest absolute Gasteiger partial charge is 0.465 e. The molecule has 0 radical (unpaired) electrons. The second kappa shape index (κ2) is 8.14. The molecule has 1 heterocycles. The normalized spacial score (nSPS) is 31.6. The molecule has 0 aromatic carbocycles. The van der Waals surface area contributed by atoms with Gasteiger partial charge in [0.1, 0.15) is 5.54 Å². The highest BCUT2D eigenvalue weighted by Gasteiger charge is 2.46. The van der Waals surface area contributed by atoms with Gasteiger partial charge in [0.05, 0.1) is 6.61 Å². The van der Waals surface area contributed by atoms with Gasteiger partial charge in [-0.2, -0.15) is 0 Å². The zero-order chi connectivity index (χ0) is 15.1. The first kappa shape index (κ1) is 16.8. The fourth-order valence-electron chi connectivity index (χ4n) is 3.91. The molecule has 0 aromatic heterocycles. The molecule has 4 nitrogen and oxygen atoms in total. The molecule has 2 rings (SSSR count). The molecular formula is C17H32N2O2. The average molecular weight is 296 g/mol. The topological polar surface area (TPSA) is 55.6 Å². The third kappa shape index (κ3) is 4.43. The monoisotopic (exact) mass is 296 g/mol. The zero-order valence-corrected chi connectivity index (χ0v) is 13.6. The number of ether oxygens (including phenoxy) is 1. The van der Waals surface area contributed by atoms with Crippen LogP contribution >= 0.6 is 0 Å². The fourth-order valence-corrected chi connectivity index (χ4v) is 3.91. The highest BCUT2D eigenvalue weighted by Crippen LogP contribution is 2.37. The van der Waals surface area contributed by atoms with E-state index in [0.29, 0.717) is 12.5 Å². The van der Waals surface area contributed by atoms with Crippen molar-refractivity contribution in [3.63, 3.8) is 0 Å². The molecule has 1 aliphatic heterocycles. The van der Waals surface area contributed by atoms with Crippen molar-refractivity contribution in [2.24, 2.45) is 11.7 Å². The summed E-state index contributed by atoms with van der Waals surface area (Å²) in [7, 11) is 0. The Balaban J connectivity index is 1.84. The van der Waals surface area contributed by atoms with E-state index in [1.165, 1.54) is 45.2 Å². The number of carbonyl (C=O) groups is 1. The second-order valence-electron chi connectivity index (χ2n) is 6.75. The molecule has 4 heteroatoms. The standard InChI is InChI=1S/C17H32N2O2/c1-2-21-16(20)17(18)11-8-9-15(17)10-14-19-12-6-4-3-5-7-13-19/h15H,2-14,18H2,1H3. The van der Waals surface area contributed by atoms with Crippen LogP contribution in [0.3, 0.4) is 0 Å². The van der Waals surface area contributed by atoms with Crippen molar-refractivity contribution in [2.75, 3.05) is 26.2 Å². The number of nitrogens with two attached hydrogens (primary N) is 1. The molecule has 0 bridgehead atoms. The van der Waals surface area contributed by atoms with Gasteiger partial charge in [0.15, 0.2) is 0 Å². The third-order valence-electron chi connectivity index (χ3n) is 5.27. The van der Waals surface area contributed by atoms with E-state index in [1.54, 1.807) is 0 Å². The lowest BCUT2D eigenvalue weighted by Crippen LogP contribution is -2.52. The number of hydrogen-bond donors (Lipinski definition) is 1. The van der Waals surface area contributed by atoms with E-state index in [0.717, 1.165) is 32.2 Å². The first-order valence-electron chi connectivity index (χ1n) is 8.85. The van der Waals surface area contributed by atoms with Gasteiger partial charge < -0.3 is 15.4 Å². The van der Waals surface area contributed by atoms with Gasteiger partial charge in [-0.3, -0.25) is 4.79 Å². The Kier molecular flexibility index (Phi) is 6.49. The highest BCUT2D eigenvalue weighted by atomic mass is 16.5. The average Bonchev–Trinajstić information content (AvgIpc) is 2.81. The lowest BCUT2D eigenvalue weighted by Gasteiger charge is -2.31. The molecule has 1 saturated heterocycles. The number of esters is 1. The zero-order valence-electron chi connectivity index (χ0n) is 13.6. The smallest absolute Gasteiger partial charge is 0.326 e. The van der Waals surface area contributed by atoms with Crippen molar-refractivity contribution >= 4 is 5.97 Å². The van der Waals surface area contributed by atoms with E-state index in [2.05, 4.69) is 4.90 Å². The van der Waals surface area contributed by atoms with Gasteiger partial charge in [-0.05, 0) is 64.6 Å². The van der Waals surface area contributed by atoms with Gasteiger partial charge in [-0.25, -0.2) is 0 Å². The van der Waals surface area contributed by atoms with E-state index in [1.807, 2.05) is 6.92 Å². The van der Waals surface area contributed by atoms with E-state index >= 15 is 0 Å². The molecular weight excluding hydrogens is 264 g/mol. The summed E-state index contributed by atoms with van der Waals surface area (Å²) in [5.74, 6) is 0.113. The molecule has 1 saturated carbocycles. The summed E-state index contributed by atoms with van der Waals surface area (Å²) in [4.78, 5) is 14.7. The molecule has 0 amide bonds.